The Morgan fingerprint density at radius 2 is 2.06 bits per heavy atom. The Bertz CT molecular complexity index is 979. The topological polar surface area (TPSA) is 74.1 Å². The maximum absolute atomic E-state index is 14.9. The number of carbonyl (C=O) groups is 1. The first-order valence-corrected chi connectivity index (χ1v) is 10.7. The van der Waals surface area contributed by atoms with E-state index in [1.165, 1.54) is 17.2 Å². The molecule has 2 saturated heterocycles. The number of hydrogen-bond donors (Lipinski definition) is 1. The molecule has 11 heteroatoms. The van der Waals surface area contributed by atoms with Crippen LogP contribution in [0.5, 0.6) is 0 Å². The summed E-state index contributed by atoms with van der Waals surface area (Å²) in [6.45, 7) is 5.01. The molecule has 3 heterocycles. The number of hydrogen-bond acceptors (Lipinski definition) is 7. The van der Waals surface area contributed by atoms with E-state index in [4.69, 9.17) is 33.6 Å². The number of nitrogens with zero attached hydrogens (tertiary/aromatic N) is 4. The molecule has 0 aliphatic carbocycles. The van der Waals surface area contributed by atoms with Crippen LogP contribution in [-0.4, -0.2) is 71.3 Å². The highest BCUT2D eigenvalue weighted by atomic mass is 32.1. The van der Waals surface area contributed by atoms with Crippen molar-refractivity contribution in [1.82, 2.24) is 15.2 Å². The molecule has 1 aromatic heterocycles. The maximum Gasteiger partial charge on any atom is 0.414 e. The van der Waals surface area contributed by atoms with Gasteiger partial charge in [0.1, 0.15) is 18.2 Å². The summed E-state index contributed by atoms with van der Waals surface area (Å²) in [4.78, 5) is 22.9. The van der Waals surface area contributed by atoms with Crippen LogP contribution in [0.15, 0.2) is 35.1 Å². The zero-order valence-corrected chi connectivity index (χ0v) is 18.5. The predicted molar refractivity (Wildman–Crippen MR) is 122 cm³/mol. The molecule has 1 N–H and O–H groups in total. The van der Waals surface area contributed by atoms with E-state index in [-0.39, 0.29) is 11.9 Å². The number of nitrogens with one attached hydrogen (secondary N) is 1. The van der Waals surface area contributed by atoms with Crippen LogP contribution in [0.2, 0.25) is 0 Å². The molecule has 2 aliphatic heterocycles. The SMILES string of the molecule is CC(=S)NCC1CN(c2ccc(N3CCN(C(=S)c4ncco4)CC3)c(F)c2)C(=O)O1. The van der Waals surface area contributed by atoms with E-state index in [0.717, 1.165) is 0 Å². The van der Waals surface area contributed by atoms with Gasteiger partial charge < -0.3 is 24.3 Å². The average molecular weight is 464 g/mol. The lowest BCUT2D eigenvalue weighted by Gasteiger charge is -2.37. The summed E-state index contributed by atoms with van der Waals surface area (Å²) in [5, 5.41) is 2.99. The number of anilines is 2. The van der Waals surface area contributed by atoms with Gasteiger partial charge in [0.25, 0.3) is 5.89 Å². The van der Waals surface area contributed by atoms with Gasteiger partial charge in [-0.05, 0) is 25.1 Å². The zero-order valence-electron chi connectivity index (χ0n) is 16.9. The molecule has 2 aromatic rings. The average Bonchev–Trinajstić information content (AvgIpc) is 3.42. The molecule has 1 unspecified atom stereocenters. The second-order valence-electron chi connectivity index (χ2n) is 7.31. The molecule has 31 heavy (non-hydrogen) atoms. The summed E-state index contributed by atoms with van der Waals surface area (Å²) in [6.07, 6.45) is 2.22. The number of benzene rings is 1. The van der Waals surface area contributed by atoms with Crippen molar-refractivity contribution < 1.29 is 18.3 Å². The molecule has 1 atom stereocenters. The van der Waals surface area contributed by atoms with Crippen molar-refractivity contribution in [2.75, 3.05) is 49.1 Å². The maximum atomic E-state index is 14.9. The van der Waals surface area contributed by atoms with Crippen molar-refractivity contribution in [3.05, 3.63) is 42.4 Å². The number of ether oxygens (including phenoxy) is 1. The Hall–Kier alpha value is -2.79. The molecule has 1 amide bonds. The van der Waals surface area contributed by atoms with Crippen molar-refractivity contribution >= 4 is 51.9 Å². The number of cyclic esters (lactones) is 1. The van der Waals surface area contributed by atoms with Gasteiger partial charge in [-0.1, -0.05) is 24.4 Å². The quantitative estimate of drug-likeness (QED) is 0.674. The molecular weight excluding hydrogens is 441 g/mol. The Labute approximate surface area is 189 Å². The standard InChI is InChI=1S/C20H22FN5O3S2/c1-13(30)23-11-15-12-26(20(27)29-15)14-2-3-17(16(21)10-14)24-5-7-25(8-6-24)19(31)18-22-4-9-28-18/h2-4,9-10,15H,5-8,11-12H2,1H3,(H,23,30). The minimum absolute atomic E-state index is 0.337. The van der Waals surface area contributed by atoms with Crippen LogP contribution in [0.3, 0.4) is 0 Å². The smallest absolute Gasteiger partial charge is 0.414 e. The van der Waals surface area contributed by atoms with Crippen molar-refractivity contribution in [3.8, 4) is 0 Å². The van der Waals surface area contributed by atoms with Gasteiger partial charge in [0.05, 0.1) is 35.6 Å². The Kier molecular flexibility index (Phi) is 6.33. The first-order chi connectivity index (χ1) is 14.9. The van der Waals surface area contributed by atoms with Crippen LogP contribution in [0.4, 0.5) is 20.6 Å². The minimum Gasteiger partial charge on any atom is -0.443 e. The number of piperazine rings is 1. The number of carbonyl (C=O) groups excluding carboxylic acids is 1. The molecular formula is C20H22FN5O3S2. The number of halogens is 1. The number of thiocarbonyl (C=S) groups is 2. The highest BCUT2D eigenvalue weighted by Crippen LogP contribution is 2.28. The fourth-order valence-corrected chi connectivity index (χ4v) is 4.00. The lowest BCUT2D eigenvalue weighted by molar-refractivity contribution is 0.143. The second-order valence-corrected chi connectivity index (χ2v) is 8.30. The van der Waals surface area contributed by atoms with Crippen LogP contribution in [-0.2, 0) is 4.74 Å². The molecule has 1 aromatic carbocycles. The van der Waals surface area contributed by atoms with Crippen molar-refractivity contribution in [2.45, 2.75) is 13.0 Å². The van der Waals surface area contributed by atoms with Gasteiger partial charge >= 0.3 is 6.09 Å². The lowest BCUT2D eigenvalue weighted by Crippen LogP contribution is -2.48. The van der Waals surface area contributed by atoms with Crippen LogP contribution in [0.25, 0.3) is 0 Å². The summed E-state index contributed by atoms with van der Waals surface area (Å²) in [7, 11) is 0. The van der Waals surface area contributed by atoms with Crippen LogP contribution in [0.1, 0.15) is 12.8 Å². The fourth-order valence-electron chi connectivity index (χ4n) is 3.63. The number of rotatable bonds is 5. The van der Waals surface area contributed by atoms with Crippen molar-refractivity contribution in [3.63, 3.8) is 0 Å². The fraction of sp³-hybridized carbons (Fsp3) is 0.400. The molecule has 2 aliphatic rings. The normalized spacial score (nSPS) is 18.8. The van der Waals surface area contributed by atoms with E-state index >= 15 is 0 Å². The summed E-state index contributed by atoms with van der Waals surface area (Å²) in [6, 6.07) is 4.82. The lowest BCUT2D eigenvalue weighted by atomic mass is 10.2. The van der Waals surface area contributed by atoms with Gasteiger partial charge in [0.15, 0.2) is 4.99 Å². The monoisotopic (exact) mass is 463 g/mol. The van der Waals surface area contributed by atoms with Gasteiger partial charge in [-0.3, -0.25) is 4.90 Å². The molecule has 0 bridgehead atoms. The number of amides is 1. The first kappa shape index (κ1) is 21.4. The van der Waals surface area contributed by atoms with E-state index in [9.17, 15) is 9.18 Å². The van der Waals surface area contributed by atoms with Crippen molar-refractivity contribution in [1.29, 1.82) is 0 Å². The van der Waals surface area contributed by atoms with Crippen LogP contribution >= 0.6 is 24.4 Å². The van der Waals surface area contributed by atoms with Gasteiger partial charge in [-0.2, -0.15) is 0 Å². The Balaban J connectivity index is 1.38. The van der Waals surface area contributed by atoms with E-state index < -0.39 is 6.09 Å². The molecule has 0 saturated carbocycles. The zero-order chi connectivity index (χ0) is 22.0. The van der Waals surface area contributed by atoms with Gasteiger partial charge in [-0.25, -0.2) is 14.2 Å². The molecule has 0 spiro atoms. The highest BCUT2D eigenvalue weighted by molar-refractivity contribution is 7.80. The first-order valence-electron chi connectivity index (χ1n) is 9.88. The van der Waals surface area contributed by atoms with E-state index in [0.29, 0.717) is 66.5 Å². The highest BCUT2D eigenvalue weighted by Gasteiger charge is 2.33. The third-order valence-electron chi connectivity index (χ3n) is 5.22. The Morgan fingerprint density at radius 3 is 2.71 bits per heavy atom. The Morgan fingerprint density at radius 1 is 1.29 bits per heavy atom. The van der Waals surface area contributed by atoms with Gasteiger partial charge in [-0.15, -0.1) is 0 Å². The summed E-state index contributed by atoms with van der Waals surface area (Å²) in [5.74, 6) is 0.0380. The van der Waals surface area contributed by atoms with E-state index in [2.05, 4.69) is 10.3 Å². The summed E-state index contributed by atoms with van der Waals surface area (Å²) >= 11 is 10.4. The largest absolute Gasteiger partial charge is 0.443 e. The van der Waals surface area contributed by atoms with Crippen molar-refractivity contribution in [2.24, 2.45) is 0 Å². The summed E-state index contributed by atoms with van der Waals surface area (Å²) in [5.41, 5.74) is 0.962. The molecule has 0 radical (unpaired) electrons. The third-order valence-corrected chi connectivity index (χ3v) is 5.80. The number of oxazole rings is 1. The number of aromatic nitrogens is 1. The van der Waals surface area contributed by atoms with E-state index in [1.54, 1.807) is 25.3 Å². The molecule has 8 nitrogen and oxygen atoms in total. The summed E-state index contributed by atoms with van der Waals surface area (Å²) < 4.78 is 25.5. The van der Waals surface area contributed by atoms with Crippen LogP contribution in [0, 0.1) is 5.82 Å². The minimum atomic E-state index is -0.491. The predicted octanol–water partition coefficient (Wildman–Crippen LogP) is 2.57. The van der Waals surface area contributed by atoms with Crippen LogP contribution < -0.4 is 15.1 Å². The van der Waals surface area contributed by atoms with Gasteiger partial charge in [0.2, 0.25) is 0 Å². The van der Waals surface area contributed by atoms with E-state index in [1.807, 2.05) is 9.80 Å². The molecule has 4 rings (SSSR count). The molecule has 2 fully saturated rings. The third kappa shape index (κ3) is 4.77. The van der Waals surface area contributed by atoms with Gasteiger partial charge in [0, 0.05) is 26.2 Å². The second kappa shape index (κ2) is 9.15. The molecule has 164 valence electrons.